The van der Waals surface area contributed by atoms with E-state index in [9.17, 15) is 4.79 Å². The van der Waals surface area contributed by atoms with Crippen LogP contribution >= 0.6 is 11.8 Å². The number of rotatable bonds is 5. The summed E-state index contributed by atoms with van der Waals surface area (Å²) in [6.45, 7) is 0.864. The van der Waals surface area contributed by atoms with Gasteiger partial charge in [-0.3, -0.25) is 4.79 Å². The lowest BCUT2D eigenvalue weighted by molar-refractivity contribution is -0.128. The number of carbonyl (C=O) groups is 1. The van der Waals surface area contributed by atoms with Crippen LogP contribution in [-0.2, 0) is 4.79 Å². The summed E-state index contributed by atoms with van der Waals surface area (Å²) in [7, 11) is 1.74. The summed E-state index contributed by atoms with van der Waals surface area (Å²) in [6, 6.07) is 7.50. The first-order valence-electron chi connectivity index (χ1n) is 7.05. The van der Waals surface area contributed by atoms with Crippen LogP contribution in [0.15, 0.2) is 29.4 Å². The molecule has 0 aliphatic carbocycles. The first-order valence-corrected chi connectivity index (χ1v) is 8.03. The standard InChI is InChI=1S/C14H17N5O3S/c1-19(12(20)8-23-14-16-13(15)17-18-14)6-9-7-21-10-4-2-3-5-11(10)22-9/h2-5,9H,6-8H2,1H3,(H3,15,16,17,18)/t9-/m1/s1. The van der Waals surface area contributed by atoms with Crippen molar-refractivity contribution < 1.29 is 14.3 Å². The third kappa shape index (κ3) is 3.86. The van der Waals surface area contributed by atoms with Crippen LogP contribution in [0.5, 0.6) is 11.5 Å². The molecule has 0 saturated carbocycles. The molecule has 1 aromatic heterocycles. The fourth-order valence-corrected chi connectivity index (χ4v) is 2.87. The number of nitrogens with two attached hydrogens (primary N) is 1. The van der Waals surface area contributed by atoms with Crippen LogP contribution in [0.3, 0.4) is 0 Å². The van der Waals surface area contributed by atoms with Gasteiger partial charge in [0.2, 0.25) is 17.0 Å². The van der Waals surface area contributed by atoms with Crippen LogP contribution in [-0.4, -0.2) is 58.0 Å². The summed E-state index contributed by atoms with van der Waals surface area (Å²) >= 11 is 1.23. The Morgan fingerprint density at radius 1 is 1.48 bits per heavy atom. The highest BCUT2D eigenvalue weighted by atomic mass is 32.2. The van der Waals surface area contributed by atoms with Crippen molar-refractivity contribution in [3.05, 3.63) is 24.3 Å². The van der Waals surface area contributed by atoms with Gasteiger partial charge in [0.25, 0.3) is 0 Å². The van der Waals surface area contributed by atoms with Crippen molar-refractivity contribution in [2.75, 3.05) is 31.7 Å². The lowest BCUT2D eigenvalue weighted by Gasteiger charge is -2.29. The molecule has 1 aromatic carbocycles. The molecule has 23 heavy (non-hydrogen) atoms. The molecule has 0 saturated heterocycles. The Bertz CT molecular complexity index is 693. The van der Waals surface area contributed by atoms with Gasteiger partial charge in [-0.2, -0.15) is 4.98 Å². The monoisotopic (exact) mass is 335 g/mol. The number of hydrogen-bond donors (Lipinski definition) is 2. The number of aromatic amines is 1. The fraction of sp³-hybridized carbons (Fsp3) is 0.357. The highest BCUT2D eigenvalue weighted by Gasteiger charge is 2.23. The number of likely N-dealkylation sites (N-methyl/N-ethyl adjacent to an activating group) is 1. The number of fused-ring (bicyclic) bond motifs is 1. The van der Waals surface area contributed by atoms with Gasteiger partial charge in [0, 0.05) is 7.05 Å². The van der Waals surface area contributed by atoms with E-state index in [0.717, 1.165) is 5.75 Å². The molecule has 9 heteroatoms. The molecule has 0 bridgehead atoms. The minimum atomic E-state index is -0.192. The number of nitrogens with zero attached hydrogens (tertiary/aromatic N) is 3. The Kier molecular flexibility index (Phi) is 4.56. The smallest absolute Gasteiger partial charge is 0.232 e. The van der Waals surface area contributed by atoms with Gasteiger partial charge in [-0.1, -0.05) is 23.9 Å². The maximum absolute atomic E-state index is 12.2. The van der Waals surface area contributed by atoms with E-state index < -0.39 is 0 Å². The van der Waals surface area contributed by atoms with E-state index in [1.54, 1.807) is 11.9 Å². The molecule has 8 nitrogen and oxygen atoms in total. The van der Waals surface area contributed by atoms with Crippen LogP contribution in [0.25, 0.3) is 0 Å². The molecule has 1 atom stereocenters. The number of H-pyrrole nitrogens is 1. The molecule has 1 aliphatic heterocycles. The van der Waals surface area contributed by atoms with E-state index in [0.29, 0.717) is 24.1 Å². The molecule has 0 spiro atoms. The number of nitrogen functional groups attached to an aromatic ring is 1. The molecule has 2 heterocycles. The van der Waals surface area contributed by atoms with Gasteiger partial charge in [-0.05, 0) is 12.1 Å². The number of amides is 1. The van der Waals surface area contributed by atoms with Crippen LogP contribution in [0.1, 0.15) is 0 Å². The predicted molar refractivity (Wildman–Crippen MR) is 85.5 cm³/mol. The third-order valence-electron chi connectivity index (χ3n) is 3.28. The molecule has 122 valence electrons. The quantitative estimate of drug-likeness (QED) is 0.778. The van der Waals surface area contributed by atoms with E-state index >= 15 is 0 Å². The van der Waals surface area contributed by atoms with E-state index in [1.165, 1.54) is 11.8 Å². The Morgan fingerprint density at radius 3 is 3.00 bits per heavy atom. The fourth-order valence-electron chi connectivity index (χ4n) is 2.12. The van der Waals surface area contributed by atoms with Gasteiger partial charge in [-0.15, -0.1) is 5.10 Å². The lowest BCUT2D eigenvalue weighted by Crippen LogP contribution is -2.42. The Morgan fingerprint density at radius 2 is 2.26 bits per heavy atom. The molecule has 2 aromatic rings. The summed E-state index contributed by atoms with van der Waals surface area (Å²) in [5.74, 6) is 1.86. The first-order chi connectivity index (χ1) is 11.1. The number of carbonyl (C=O) groups excluding carboxylic acids is 1. The second-order valence-corrected chi connectivity index (χ2v) is 6.01. The summed E-state index contributed by atoms with van der Waals surface area (Å²) in [5, 5.41) is 6.86. The van der Waals surface area contributed by atoms with Gasteiger partial charge < -0.3 is 20.1 Å². The zero-order valence-electron chi connectivity index (χ0n) is 12.6. The van der Waals surface area contributed by atoms with Crippen molar-refractivity contribution in [1.82, 2.24) is 20.1 Å². The van der Waals surface area contributed by atoms with Crippen molar-refractivity contribution in [1.29, 1.82) is 0 Å². The summed E-state index contributed by atoms with van der Waals surface area (Å²) in [4.78, 5) is 17.7. The first kappa shape index (κ1) is 15.5. The zero-order valence-corrected chi connectivity index (χ0v) is 13.4. The van der Waals surface area contributed by atoms with Gasteiger partial charge in [-0.25, -0.2) is 5.10 Å². The van der Waals surface area contributed by atoms with Crippen molar-refractivity contribution in [2.24, 2.45) is 0 Å². The number of nitrogens with one attached hydrogen (secondary N) is 1. The van der Waals surface area contributed by atoms with E-state index in [2.05, 4.69) is 15.2 Å². The predicted octanol–water partition coefficient (Wildman–Crippen LogP) is 0.777. The van der Waals surface area contributed by atoms with Crippen molar-refractivity contribution in [3.63, 3.8) is 0 Å². The van der Waals surface area contributed by atoms with E-state index in [4.69, 9.17) is 15.2 Å². The molecular weight excluding hydrogens is 318 g/mol. The van der Waals surface area contributed by atoms with Gasteiger partial charge >= 0.3 is 0 Å². The van der Waals surface area contributed by atoms with Gasteiger partial charge in [0.1, 0.15) is 6.61 Å². The Hall–Kier alpha value is -2.42. The average molecular weight is 335 g/mol. The number of para-hydroxylation sites is 2. The van der Waals surface area contributed by atoms with Crippen molar-refractivity contribution in [3.8, 4) is 11.5 Å². The normalized spacial score (nSPS) is 16.1. The summed E-state index contributed by atoms with van der Waals surface area (Å²) in [6.07, 6.45) is -0.192. The van der Waals surface area contributed by atoms with Crippen molar-refractivity contribution in [2.45, 2.75) is 11.3 Å². The molecule has 3 N–H and O–H groups in total. The second kappa shape index (κ2) is 6.78. The lowest BCUT2D eigenvalue weighted by atomic mass is 10.2. The molecule has 0 fully saturated rings. The maximum atomic E-state index is 12.2. The third-order valence-corrected chi connectivity index (χ3v) is 4.11. The Balaban J connectivity index is 1.49. The number of anilines is 1. The van der Waals surface area contributed by atoms with Crippen LogP contribution in [0, 0.1) is 0 Å². The molecule has 0 unspecified atom stereocenters. The molecule has 0 radical (unpaired) electrons. The Labute approximate surface area is 137 Å². The number of ether oxygens (including phenoxy) is 2. The van der Waals surface area contributed by atoms with Crippen molar-refractivity contribution >= 4 is 23.6 Å². The van der Waals surface area contributed by atoms with Crippen LogP contribution in [0.2, 0.25) is 0 Å². The highest BCUT2D eigenvalue weighted by molar-refractivity contribution is 7.99. The zero-order chi connectivity index (χ0) is 16.2. The minimum Gasteiger partial charge on any atom is -0.486 e. The van der Waals surface area contributed by atoms with E-state index in [-0.39, 0.29) is 23.7 Å². The van der Waals surface area contributed by atoms with Gasteiger partial charge in [0.05, 0.1) is 12.3 Å². The topological polar surface area (TPSA) is 106 Å². The number of hydrogen-bond acceptors (Lipinski definition) is 7. The molecule has 1 aliphatic rings. The minimum absolute atomic E-state index is 0.0409. The van der Waals surface area contributed by atoms with Gasteiger partial charge in [0.15, 0.2) is 17.6 Å². The molecule has 3 rings (SSSR count). The largest absolute Gasteiger partial charge is 0.486 e. The van der Waals surface area contributed by atoms with Crippen LogP contribution < -0.4 is 15.2 Å². The summed E-state index contributed by atoms with van der Waals surface area (Å²) in [5.41, 5.74) is 5.44. The second-order valence-electron chi connectivity index (χ2n) is 5.06. The molecule has 1 amide bonds. The maximum Gasteiger partial charge on any atom is 0.232 e. The van der Waals surface area contributed by atoms with Crippen LogP contribution in [0.4, 0.5) is 5.95 Å². The number of benzene rings is 1. The number of aromatic nitrogens is 3. The number of thioether (sulfide) groups is 1. The molecular formula is C14H17N5O3S. The highest BCUT2D eigenvalue weighted by Crippen LogP contribution is 2.31. The van der Waals surface area contributed by atoms with E-state index in [1.807, 2.05) is 24.3 Å². The average Bonchev–Trinajstić information content (AvgIpc) is 2.98. The summed E-state index contributed by atoms with van der Waals surface area (Å²) < 4.78 is 11.5. The SMILES string of the molecule is CN(C[C@@H]1COc2ccccc2O1)C(=O)CSc1n[nH]c(N)n1.